The lowest BCUT2D eigenvalue weighted by molar-refractivity contribution is -0.120. The predicted octanol–water partition coefficient (Wildman–Crippen LogP) is 0.302. The van der Waals surface area contributed by atoms with Gasteiger partial charge in [-0.1, -0.05) is 13.8 Å². The minimum Gasteiger partial charge on any atom is -0.352 e. The quantitative estimate of drug-likeness (QED) is 0.752. The Morgan fingerprint density at radius 1 is 1.47 bits per heavy atom. The zero-order chi connectivity index (χ0) is 11.4. The highest BCUT2D eigenvalue weighted by molar-refractivity contribution is 5.75. The van der Waals surface area contributed by atoms with E-state index in [0.29, 0.717) is 18.5 Å². The van der Waals surface area contributed by atoms with Crippen LogP contribution < -0.4 is 10.9 Å². The second kappa shape index (κ2) is 4.82. The number of aromatic nitrogens is 2. The van der Waals surface area contributed by atoms with Crippen molar-refractivity contribution in [3.8, 4) is 0 Å². The smallest absolute Gasteiger partial charge is 0.269 e. The Bertz CT molecular complexity index is 403. The Kier molecular flexibility index (Phi) is 3.71. The Morgan fingerprint density at radius 3 is 2.67 bits per heavy atom. The van der Waals surface area contributed by atoms with Crippen LogP contribution >= 0.6 is 0 Å². The maximum absolute atomic E-state index is 11.5. The van der Waals surface area contributed by atoms with Gasteiger partial charge in [0.2, 0.25) is 5.91 Å². The molecule has 0 bridgehead atoms. The molecule has 2 N–H and O–H groups in total. The first-order chi connectivity index (χ1) is 7.10. The third kappa shape index (κ3) is 2.49. The van der Waals surface area contributed by atoms with Gasteiger partial charge in [-0.15, -0.1) is 0 Å². The lowest BCUT2D eigenvalue weighted by atomic mass is 10.2. The third-order valence-corrected chi connectivity index (χ3v) is 2.41. The molecule has 0 aliphatic carbocycles. The lowest BCUT2D eigenvalue weighted by Crippen LogP contribution is -2.24. The number of carbonyl (C=O) groups excluding carboxylic acids is 1. The molecule has 0 atom stereocenters. The van der Waals surface area contributed by atoms with Crippen molar-refractivity contribution < 1.29 is 4.79 Å². The van der Waals surface area contributed by atoms with Crippen molar-refractivity contribution >= 4 is 5.91 Å². The van der Waals surface area contributed by atoms with E-state index < -0.39 is 0 Å². The average Bonchev–Trinajstić information content (AvgIpc) is 2.49. The van der Waals surface area contributed by atoms with E-state index in [-0.39, 0.29) is 11.5 Å². The van der Waals surface area contributed by atoms with Gasteiger partial charge in [-0.25, -0.2) is 0 Å². The van der Waals surface area contributed by atoms with Crippen LogP contribution in [0.3, 0.4) is 0 Å². The topological polar surface area (TPSA) is 66.9 Å². The lowest BCUT2D eigenvalue weighted by Gasteiger charge is -2.04. The summed E-state index contributed by atoms with van der Waals surface area (Å²) >= 11 is 0. The van der Waals surface area contributed by atoms with Crippen molar-refractivity contribution in [2.45, 2.75) is 33.2 Å². The standard InChI is InChI=1S/C10H17N3O2/c1-4-8-7(6-11-9(14)5-2)10(15)12-13(8)3/h4-6H2,1-3H3,(H,11,14)(H,12,15). The molecule has 0 saturated carbocycles. The Balaban J connectivity index is 2.84. The third-order valence-electron chi connectivity index (χ3n) is 2.41. The second-order valence-corrected chi connectivity index (χ2v) is 3.41. The van der Waals surface area contributed by atoms with E-state index >= 15 is 0 Å². The van der Waals surface area contributed by atoms with Crippen molar-refractivity contribution in [2.75, 3.05) is 0 Å². The van der Waals surface area contributed by atoms with Crippen LogP contribution in [0.1, 0.15) is 31.5 Å². The predicted molar refractivity (Wildman–Crippen MR) is 57.5 cm³/mol. The van der Waals surface area contributed by atoms with Crippen LogP contribution in [0.5, 0.6) is 0 Å². The summed E-state index contributed by atoms with van der Waals surface area (Å²) in [7, 11) is 1.80. The number of amides is 1. The highest BCUT2D eigenvalue weighted by Crippen LogP contribution is 2.02. The van der Waals surface area contributed by atoms with E-state index in [4.69, 9.17) is 0 Å². The Hall–Kier alpha value is -1.52. The molecule has 0 spiro atoms. The van der Waals surface area contributed by atoms with Crippen molar-refractivity contribution in [3.05, 3.63) is 21.6 Å². The van der Waals surface area contributed by atoms with Crippen LogP contribution in [0.25, 0.3) is 0 Å². The van der Waals surface area contributed by atoms with Crippen LogP contribution in [-0.2, 0) is 24.8 Å². The maximum Gasteiger partial charge on any atom is 0.269 e. The van der Waals surface area contributed by atoms with Gasteiger partial charge in [0.25, 0.3) is 5.56 Å². The summed E-state index contributed by atoms with van der Waals surface area (Å²) in [6.45, 7) is 4.07. The fourth-order valence-corrected chi connectivity index (χ4v) is 1.57. The van der Waals surface area contributed by atoms with Gasteiger partial charge in [-0.05, 0) is 6.42 Å². The molecule has 15 heavy (non-hydrogen) atoms. The number of nitrogens with zero attached hydrogens (tertiary/aromatic N) is 1. The second-order valence-electron chi connectivity index (χ2n) is 3.41. The molecule has 0 unspecified atom stereocenters. The van der Waals surface area contributed by atoms with Crippen molar-refractivity contribution in [2.24, 2.45) is 7.05 Å². The highest BCUT2D eigenvalue weighted by atomic mass is 16.1. The number of hydrogen-bond acceptors (Lipinski definition) is 2. The van der Waals surface area contributed by atoms with Gasteiger partial charge in [0, 0.05) is 19.2 Å². The number of carbonyl (C=O) groups is 1. The first-order valence-corrected chi connectivity index (χ1v) is 5.13. The first-order valence-electron chi connectivity index (χ1n) is 5.13. The maximum atomic E-state index is 11.5. The van der Waals surface area contributed by atoms with Gasteiger partial charge in [0.15, 0.2) is 0 Å². The molecule has 0 aliphatic heterocycles. The first kappa shape index (κ1) is 11.6. The van der Waals surface area contributed by atoms with Crippen LogP contribution in [-0.4, -0.2) is 15.7 Å². The summed E-state index contributed by atoms with van der Waals surface area (Å²) in [6.07, 6.45) is 1.21. The molecule has 0 fully saturated rings. The van der Waals surface area contributed by atoms with E-state index in [0.717, 1.165) is 12.1 Å². The monoisotopic (exact) mass is 211 g/mol. The van der Waals surface area contributed by atoms with E-state index in [2.05, 4.69) is 10.4 Å². The number of aryl methyl sites for hydroxylation is 1. The van der Waals surface area contributed by atoms with E-state index in [1.165, 1.54) is 0 Å². The summed E-state index contributed by atoms with van der Waals surface area (Å²) in [6, 6.07) is 0. The summed E-state index contributed by atoms with van der Waals surface area (Å²) in [5.74, 6) is -0.0414. The number of nitrogens with one attached hydrogen (secondary N) is 2. The molecule has 0 aliphatic rings. The van der Waals surface area contributed by atoms with Gasteiger partial charge in [-0.2, -0.15) is 0 Å². The van der Waals surface area contributed by atoms with Gasteiger partial charge in [0.1, 0.15) is 0 Å². The minimum atomic E-state index is -0.120. The Morgan fingerprint density at radius 2 is 2.13 bits per heavy atom. The zero-order valence-corrected chi connectivity index (χ0v) is 9.39. The van der Waals surface area contributed by atoms with Crippen molar-refractivity contribution in [1.29, 1.82) is 0 Å². The molecule has 0 aromatic carbocycles. The molecule has 0 saturated heterocycles. The van der Waals surface area contributed by atoms with Crippen LogP contribution in [0.4, 0.5) is 0 Å². The van der Waals surface area contributed by atoms with Crippen LogP contribution in [0.15, 0.2) is 4.79 Å². The highest BCUT2D eigenvalue weighted by Gasteiger charge is 2.11. The van der Waals surface area contributed by atoms with Crippen molar-refractivity contribution in [3.63, 3.8) is 0 Å². The van der Waals surface area contributed by atoms with Gasteiger partial charge in [-0.3, -0.25) is 19.4 Å². The minimum absolute atomic E-state index is 0.0414. The summed E-state index contributed by atoms with van der Waals surface area (Å²) < 4.78 is 1.70. The summed E-state index contributed by atoms with van der Waals surface area (Å²) in [4.78, 5) is 22.6. The van der Waals surface area contributed by atoms with Gasteiger partial charge >= 0.3 is 0 Å². The fourth-order valence-electron chi connectivity index (χ4n) is 1.57. The van der Waals surface area contributed by atoms with E-state index in [9.17, 15) is 9.59 Å². The van der Waals surface area contributed by atoms with Crippen molar-refractivity contribution in [1.82, 2.24) is 15.1 Å². The van der Waals surface area contributed by atoms with E-state index in [1.54, 1.807) is 18.7 Å². The number of aromatic amines is 1. The fraction of sp³-hybridized carbons (Fsp3) is 0.600. The molecule has 0 radical (unpaired) electrons. The normalized spacial score (nSPS) is 10.3. The number of hydrogen-bond donors (Lipinski definition) is 2. The molecule has 1 rings (SSSR count). The molecule has 84 valence electrons. The zero-order valence-electron chi connectivity index (χ0n) is 9.39. The number of H-pyrrole nitrogens is 1. The largest absolute Gasteiger partial charge is 0.352 e. The summed E-state index contributed by atoms with van der Waals surface area (Å²) in [5, 5.41) is 5.38. The molecule has 1 aromatic heterocycles. The average molecular weight is 211 g/mol. The molecular weight excluding hydrogens is 194 g/mol. The molecule has 5 nitrogen and oxygen atoms in total. The van der Waals surface area contributed by atoms with Crippen LogP contribution in [0, 0.1) is 0 Å². The van der Waals surface area contributed by atoms with E-state index in [1.807, 2.05) is 6.92 Å². The van der Waals surface area contributed by atoms with Crippen LogP contribution in [0.2, 0.25) is 0 Å². The molecule has 1 amide bonds. The van der Waals surface area contributed by atoms with Gasteiger partial charge < -0.3 is 5.32 Å². The molecule has 1 heterocycles. The van der Waals surface area contributed by atoms with Gasteiger partial charge in [0.05, 0.1) is 12.1 Å². The SMILES string of the molecule is CCC(=O)NCc1c(CC)n(C)[nH]c1=O. The molecular formula is C10H17N3O2. The molecule has 5 heteroatoms. The molecule has 1 aromatic rings. The Labute approximate surface area is 88.5 Å². The summed E-state index contributed by atoms with van der Waals surface area (Å²) in [5.41, 5.74) is 1.48. The number of rotatable bonds is 4.